The number of nitrogens with zero attached hydrogens (tertiary/aromatic N) is 2. The van der Waals surface area contributed by atoms with Gasteiger partial charge in [0.15, 0.2) is 6.10 Å². The molecule has 1 fully saturated rings. The van der Waals surface area contributed by atoms with Crippen LogP contribution in [0.3, 0.4) is 0 Å². The summed E-state index contributed by atoms with van der Waals surface area (Å²) in [5.74, 6) is -2.82. The molecule has 1 aliphatic rings. The maximum Gasteiger partial charge on any atom is 0.325 e. The number of fused-ring (bicyclic) bond motifs is 1. The summed E-state index contributed by atoms with van der Waals surface area (Å²) in [6, 6.07) is 7.47. The van der Waals surface area contributed by atoms with Crippen LogP contribution in [0.2, 0.25) is 0 Å². The van der Waals surface area contributed by atoms with Gasteiger partial charge in [0.2, 0.25) is 3.79 Å². The zero-order valence-corrected chi connectivity index (χ0v) is 28.9. The molecule has 0 saturated carbocycles. The molecule has 4 atom stereocenters. The third-order valence-electron chi connectivity index (χ3n) is 7.33. The molecule has 1 aromatic heterocycles. The summed E-state index contributed by atoms with van der Waals surface area (Å²) in [5, 5.41) is 14.7. The molecule has 2 aromatic rings. The highest BCUT2D eigenvalue weighted by Gasteiger charge is 2.36. The fourth-order valence-electron chi connectivity index (χ4n) is 4.58. The van der Waals surface area contributed by atoms with E-state index >= 15 is 0 Å². The first-order valence-electron chi connectivity index (χ1n) is 15.0. The van der Waals surface area contributed by atoms with E-state index in [1.807, 2.05) is 24.3 Å². The maximum atomic E-state index is 13.3. The molecule has 11 nitrogen and oxygen atoms in total. The highest BCUT2D eigenvalue weighted by atomic mass is 35.6. The number of pyridine rings is 1. The van der Waals surface area contributed by atoms with Crippen molar-refractivity contribution in [2.45, 2.75) is 82.5 Å². The lowest BCUT2D eigenvalue weighted by Crippen LogP contribution is -2.60. The first kappa shape index (κ1) is 37.5. The zero-order valence-electron chi connectivity index (χ0n) is 26.7. The fraction of sp³-hybridized carbons (Fsp3) is 0.531. The highest BCUT2D eigenvalue weighted by molar-refractivity contribution is 6.67. The van der Waals surface area contributed by atoms with Crippen LogP contribution < -0.4 is 10.7 Å². The normalized spacial score (nSPS) is 17.9. The first-order valence-corrected chi connectivity index (χ1v) is 16.1. The number of aromatic nitrogens is 1. The molecule has 0 unspecified atom stereocenters. The van der Waals surface area contributed by atoms with Crippen molar-refractivity contribution in [2.75, 3.05) is 13.2 Å². The molecule has 14 heteroatoms. The molecule has 1 saturated heterocycles. The predicted molar refractivity (Wildman–Crippen MR) is 177 cm³/mol. The van der Waals surface area contributed by atoms with Crippen molar-refractivity contribution in [3.05, 3.63) is 47.7 Å². The van der Waals surface area contributed by atoms with Gasteiger partial charge in [0.25, 0.3) is 11.8 Å². The second-order valence-electron chi connectivity index (χ2n) is 12.3. The molecular formula is C32H41Cl3N4O7. The summed E-state index contributed by atoms with van der Waals surface area (Å²) < 4.78 is 8.95. The number of aliphatic hydroxyl groups is 1. The highest BCUT2D eigenvalue weighted by Crippen LogP contribution is 2.27. The molecule has 46 heavy (non-hydrogen) atoms. The number of ether oxygens (including phenoxy) is 2. The van der Waals surface area contributed by atoms with Gasteiger partial charge in [-0.15, -0.1) is 0 Å². The molecule has 0 spiro atoms. The Balaban J connectivity index is 1.62. The molecule has 0 bridgehead atoms. The third kappa shape index (κ3) is 10.5. The average molecular weight is 700 g/mol. The van der Waals surface area contributed by atoms with Gasteiger partial charge in [0.1, 0.15) is 18.7 Å². The number of halogens is 3. The van der Waals surface area contributed by atoms with Crippen LogP contribution in [0.5, 0.6) is 0 Å². The largest absolute Gasteiger partial charge is 0.460 e. The topological polar surface area (TPSA) is 147 Å². The van der Waals surface area contributed by atoms with Crippen molar-refractivity contribution in [1.82, 2.24) is 20.7 Å². The van der Waals surface area contributed by atoms with E-state index in [0.717, 1.165) is 10.9 Å². The summed E-state index contributed by atoms with van der Waals surface area (Å²) >= 11 is 16.9. The van der Waals surface area contributed by atoms with E-state index in [2.05, 4.69) is 15.7 Å². The van der Waals surface area contributed by atoms with Crippen molar-refractivity contribution >= 4 is 75.5 Å². The van der Waals surface area contributed by atoms with Gasteiger partial charge in [-0.1, -0.05) is 79.0 Å². The number of benzene rings is 1. The predicted octanol–water partition coefficient (Wildman–Crippen LogP) is 4.81. The molecule has 2 amide bonds. The number of rotatable bonds is 11. The van der Waals surface area contributed by atoms with E-state index < -0.39 is 69.8 Å². The van der Waals surface area contributed by atoms with E-state index in [0.29, 0.717) is 30.6 Å². The lowest BCUT2D eigenvalue weighted by atomic mass is 9.92. The fourth-order valence-corrected chi connectivity index (χ4v) is 4.74. The Morgan fingerprint density at radius 2 is 1.80 bits per heavy atom. The smallest absolute Gasteiger partial charge is 0.325 e. The number of amides is 2. The van der Waals surface area contributed by atoms with Crippen LogP contribution in [0, 0.1) is 11.3 Å². The summed E-state index contributed by atoms with van der Waals surface area (Å²) in [7, 11) is 0. The Hall–Kier alpha value is -2.96. The molecule has 3 rings (SSSR count). The molecule has 0 radical (unpaired) electrons. The Morgan fingerprint density at radius 3 is 2.43 bits per heavy atom. The van der Waals surface area contributed by atoms with Gasteiger partial charge in [-0.05, 0) is 64.2 Å². The van der Waals surface area contributed by atoms with Gasteiger partial charge in [0, 0.05) is 11.9 Å². The number of alkyl halides is 3. The minimum atomic E-state index is -1.76. The Kier molecular flexibility index (Phi) is 12.8. The van der Waals surface area contributed by atoms with Crippen LogP contribution >= 0.6 is 34.8 Å². The molecule has 2 heterocycles. The summed E-state index contributed by atoms with van der Waals surface area (Å²) in [5.41, 5.74) is 3.77. The van der Waals surface area contributed by atoms with Gasteiger partial charge in [-0.3, -0.25) is 29.2 Å². The molecule has 1 aromatic carbocycles. The van der Waals surface area contributed by atoms with Crippen LogP contribution in [0.15, 0.2) is 36.4 Å². The molecule has 1 aliphatic heterocycles. The number of esters is 2. The van der Waals surface area contributed by atoms with Gasteiger partial charge in [0.05, 0.1) is 22.7 Å². The van der Waals surface area contributed by atoms with Crippen molar-refractivity contribution in [2.24, 2.45) is 11.3 Å². The van der Waals surface area contributed by atoms with E-state index in [1.165, 1.54) is 11.9 Å². The second kappa shape index (κ2) is 15.8. The number of carbonyl (C=O) groups is 4. The Labute approximate surface area is 283 Å². The SMILES string of the molecule is CC(C)[C@H](OC(=O)C(C)(C)/C=C/c1ccc2ccc([C@@H](C)O)nc2c1)C(=O)N[C@@H](C)C(=O)N1CCC[C@@H](C(=O)OCC(Cl)(Cl)Cl)N1. The quantitative estimate of drug-likeness (QED) is 0.222. The first-order chi connectivity index (χ1) is 21.4. The molecule has 252 valence electrons. The summed E-state index contributed by atoms with van der Waals surface area (Å²) in [6.45, 7) is 9.82. The summed E-state index contributed by atoms with van der Waals surface area (Å²) in [6.07, 6.45) is 2.50. The van der Waals surface area contributed by atoms with Crippen LogP contribution in [0.25, 0.3) is 17.0 Å². The van der Waals surface area contributed by atoms with Crippen molar-refractivity contribution < 1.29 is 33.8 Å². The van der Waals surface area contributed by atoms with Crippen LogP contribution in [-0.2, 0) is 28.7 Å². The van der Waals surface area contributed by atoms with Crippen molar-refractivity contribution in [1.29, 1.82) is 0 Å². The van der Waals surface area contributed by atoms with E-state index in [-0.39, 0.29) is 0 Å². The van der Waals surface area contributed by atoms with E-state index in [4.69, 9.17) is 44.3 Å². The molecule has 3 N–H and O–H groups in total. The van der Waals surface area contributed by atoms with Gasteiger partial charge in [-0.2, -0.15) is 0 Å². The van der Waals surface area contributed by atoms with E-state index in [1.54, 1.807) is 52.8 Å². The minimum Gasteiger partial charge on any atom is -0.460 e. The molecular weight excluding hydrogens is 659 g/mol. The molecule has 0 aliphatic carbocycles. The Bertz CT molecular complexity index is 1460. The number of carbonyl (C=O) groups excluding carboxylic acids is 4. The number of hydrazine groups is 1. The van der Waals surface area contributed by atoms with E-state index in [9.17, 15) is 24.3 Å². The number of hydrogen-bond donors (Lipinski definition) is 3. The lowest BCUT2D eigenvalue weighted by Gasteiger charge is -2.34. The minimum absolute atomic E-state index is 0.297. The van der Waals surface area contributed by atoms with Crippen LogP contribution in [0.4, 0.5) is 0 Å². The Morgan fingerprint density at radius 1 is 1.13 bits per heavy atom. The van der Waals surface area contributed by atoms with Crippen molar-refractivity contribution in [3.63, 3.8) is 0 Å². The second-order valence-corrected chi connectivity index (χ2v) is 14.8. The maximum absolute atomic E-state index is 13.3. The standard InChI is InChI=1S/C32H41Cl3N4O7/c1-18(2)26(27(41)36-19(3)28(42)39-15-7-8-24(38-39)29(43)45-17-32(33,34)35)46-30(44)31(5,6)14-13-21-9-10-22-11-12-23(20(4)40)37-25(22)16-21/h9-14,16,18-20,24,26,38,40H,7-8,15,17H2,1-6H3,(H,36,41)/b14-13+/t19-,20+,24-,26-/m0/s1. The number of nitrogens with one attached hydrogen (secondary N) is 2. The number of hydrogen-bond acceptors (Lipinski definition) is 9. The van der Waals surface area contributed by atoms with Crippen molar-refractivity contribution in [3.8, 4) is 0 Å². The van der Waals surface area contributed by atoms with Crippen LogP contribution in [0.1, 0.15) is 71.7 Å². The monoisotopic (exact) mass is 698 g/mol. The third-order valence-corrected chi connectivity index (χ3v) is 7.65. The van der Waals surface area contributed by atoms with Crippen LogP contribution in [-0.4, -0.2) is 74.0 Å². The van der Waals surface area contributed by atoms with Gasteiger partial charge in [-0.25, -0.2) is 5.43 Å². The zero-order chi connectivity index (χ0) is 34.4. The average Bonchev–Trinajstić information content (AvgIpc) is 2.99. The number of aliphatic hydroxyl groups excluding tert-OH is 1. The van der Waals surface area contributed by atoms with Gasteiger partial charge >= 0.3 is 11.9 Å². The summed E-state index contributed by atoms with van der Waals surface area (Å²) in [4.78, 5) is 56.6. The lowest BCUT2D eigenvalue weighted by molar-refractivity contribution is -0.165. The van der Waals surface area contributed by atoms with Gasteiger partial charge < -0.3 is 19.9 Å².